The maximum atomic E-state index is 12.2. The topological polar surface area (TPSA) is 48.5 Å². The average Bonchev–Trinajstić information content (AvgIpc) is 3.23. The standard InChI is InChI=1S/C19H26N4OS/c1-15-21-17(14-25-15)12-22(2)13-19(24)20-10-16-8-9-23(11-16)18-6-4-3-5-7-18/h3-7,14,16H,8-13H2,1-2H3,(H,20,24). The molecule has 134 valence electrons. The van der Waals surface area contributed by atoms with Gasteiger partial charge in [0.1, 0.15) is 0 Å². The molecule has 6 heteroatoms. The molecule has 0 radical (unpaired) electrons. The highest BCUT2D eigenvalue weighted by molar-refractivity contribution is 7.09. The fourth-order valence-electron chi connectivity index (χ4n) is 3.25. The minimum absolute atomic E-state index is 0.0904. The fourth-order valence-corrected chi connectivity index (χ4v) is 3.85. The van der Waals surface area contributed by atoms with Crippen LogP contribution in [0.2, 0.25) is 0 Å². The van der Waals surface area contributed by atoms with Gasteiger partial charge in [-0.3, -0.25) is 9.69 Å². The summed E-state index contributed by atoms with van der Waals surface area (Å²) in [6.07, 6.45) is 1.13. The second-order valence-corrected chi connectivity index (χ2v) is 7.83. The molecule has 2 aromatic rings. The Bertz CT molecular complexity index is 688. The number of carbonyl (C=O) groups is 1. The number of hydrogen-bond donors (Lipinski definition) is 1. The number of carbonyl (C=O) groups excluding carboxylic acids is 1. The van der Waals surface area contributed by atoms with E-state index in [9.17, 15) is 4.79 Å². The lowest BCUT2D eigenvalue weighted by molar-refractivity contribution is -0.122. The maximum absolute atomic E-state index is 12.2. The molecule has 1 amide bonds. The molecule has 1 saturated heterocycles. The van der Waals surface area contributed by atoms with Crippen molar-refractivity contribution >= 4 is 22.9 Å². The first-order chi connectivity index (χ1) is 12.1. The van der Waals surface area contributed by atoms with E-state index < -0.39 is 0 Å². The molecule has 0 spiro atoms. The van der Waals surface area contributed by atoms with Crippen molar-refractivity contribution in [2.45, 2.75) is 19.9 Å². The molecule has 0 bridgehead atoms. The van der Waals surface area contributed by atoms with E-state index in [1.165, 1.54) is 5.69 Å². The zero-order valence-electron chi connectivity index (χ0n) is 14.9. The third-order valence-corrected chi connectivity index (χ3v) is 5.33. The number of nitrogens with one attached hydrogen (secondary N) is 1. The molecule has 1 unspecified atom stereocenters. The van der Waals surface area contributed by atoms with Crippen LogP contribution in [-0.4, -0.2) is 49.0 Å². The summed E-state index contributed by atoms with van der Waals surface area (Å²) in [7, 11) is 1.96. The highest BCUT2D eigenvalue weighted by Crippen LogP contribution is 2.22. The van der Waals surface area contributed by atoms with Crippen LogP contribution in [0.3, 0.4) is 0 Å². The highest BCUT2D eigenvalue weighted by Gasteiger charge is 2.23. The summed E-state index contributed by atoms with van der Waals surface area (Å²) >= 11 is 1.65. The van der Waals surface area contributed by atoms with Crippen molar-refractivity contribution in [2.24, 2.45) is 5.92 Å². The van der Waals surface area contributed by atoms with Gasteiger partial charge in [-0.1, -0.05) is 18.2 Å². The van der Waals surface area contributed by atoms with Crippen molar-refractivity contribution in [2.75, 3.05) is 38.1 Å². The van der Waals surface area contributed by atoms with Crippen LogP contribution < -0.4 is 10.2 Å². The Kier molecular flexibility index (Phi) is 6.04. The predicted octanol–water partition coefficient (Wildman–Crippen LogP) is 2.53. The van der Waals surface area contributed by atoms with Crippen LogP contribution in [0.15, 0.2) is 35.7 Å². The van der Waals surface area contributed by atoms with Crippen molar-refractivity contribution < 1.29 is 4.79 Å². The molecule has 1 aromatic heterocycles. The van der Waals surface area contributed by atoms with Crippen molar-refractivity contribution in [3.8, 4) is 0 Å². The van der Waals surface area contributed by atoms with E-state index in [0.29, 0.717) is 19.0 Å². The molecule has 3 rings (SSSR count). The first-order valence-electron chi connectivity index (χ1n) is 8.76. The van der Waals surface area contributed by atoms with Gasteiger partial charge in [-0.2, -0.15) is 0 Å². The number of hydrogen-bond acceptors (Lipinski definition) is 5. The number of aromatic nitrogens is 1. The zero-order valence-corrected chi connectivity index (χ0v) is 15.8. The number of nitrogens with zero attached hydrogens (tertiary/aromatic N) is 3. The predicted molar refractivity (Wildman–Crippen MR) is 103 cm³/mol. The molecule has 2 heterocycles. The maximum Gasteiger partial charge on any atom is 0.234 e. The summed E-state index contributed by atoms with van der Waals surface area (Å²) in [5, 5.41) is 6.22. The highest BCUT2D eigenvalue weighted by atomic mass is 32.1. The second-order valence-electron chi connectivity index (χ2n) is 6.77. The number of likely N-dealkylation sites (N-methyl/N-ethyl adjacent to an activating group) is 1. The van der Waals surface area contributed by atoms with Crippen molar-refractivity contribution in [3.63, 3.8) is 0 Å². The summed E-state index contributed by atoms with van der Waals surface area (Å²) in [6, 6.07) is 10.5. The lowest BCUT2D eigenvalue weighted by Gasteiger charge is -2.19. The minimum Gasteiger partial charge on any atom is -0.371 e. The summed E-state index contributed by atoms with van der Waals surface area (Å²) in [5.41, 5.74) is 2.31. The van der Waals surface area contributed by atoms with Crippen molar-refractivity contribution in [3.05, 3.63) is 46.4 Å². The monoisotopic (exact) mass is 358 g/mol. The molecule has 1 atom stereocenters. The van der Waals surface area contributed by atoms with Crippen LogP contribution in [0.25, 0.3) is 0 Å². The van der Waals surface area contributed by atoms with Crippen LogP contribution in [0.4, 0.5) is 5.69 Å². The van der Waals surface area contributed by atoms with Gasteiger partial charge in [0.05, 0.1) is 17.2 Å². The summed E-state index contributed by atoms with van der Waals surface area (Å²) < 4.78 is 0. The number of anilines is 1. The van der Waals surface area contributed by atoms with Crippen LogP contribution in [0.5, 0.6) is 0 Å². The van der Waals surface area contributed by atoms with Gasteiger partial charge in [0.25, 0.3) is 0 Å². The molecule has 1 N–H and O–H groups in total. The zero-order chi connectivity index (χ0) is 17.6. The van der Waals surface area contributed by atoms with Gasteiger partial charge < -0.3 is 10.2 Å². The van der Waals surface area contributed by atoms with Crippen LogP contribution in [0.1, 0.15) is 17.1 Å². The number of para-hydroxylation sites is 1. The van der Waals surface area contributed by atoms with Gasteiger partial charge in [-0.05, 0) is 38.4 Å². The molecule has 1 aliphatic heterocycles. The molecular formula is C19H26N4OS. The number of thiazole rings is 1. The molecule has 1 fully saturated rings. The van der Waals surface area contributed by atoms with Crippen LogP contribution in [-0.2, 0) is 11.3 Å². The van der Waals surface area contributed by atoms with Gasteiger partial charge in [-0.25, -0.2) is 4.98 Å². The summed E-state index contributed by atoms with van der Waals surface area (Å²) in [6.45, 7) is 5.95. The molecular weight excluding hydrogens is 332 g/mol. The van der Waals surface area contributed by atoms with Crippen molar-refractivity contribution in [1.82, 2.24) is 15.2 Å². The first kappa shape index (κ1) is 17.9. The van der Waals surface area contributed by atoms with Gasteiger partial charge in [0.15, 0.2) is 0 Å². The fraction of sp³-hybridized carbons (Fsp3) is 0.474. The van der Waals surface area contributed by atoms with Gasteiger partial charge >= 0.3 is 0 Å². The smallest absolute Gasteiger partial charge is 0.234 e. The van der Waals surface area contributed by atoms with Gasteiger partial charge in [-0.15, -0.1) is 11.3 Å². The Morgan fingerprint density at radius 1 is 1.40 bits per heavy atom. The minimum atomic E-state index is 0.0904. The van der Waals surface area contributed by atoms with Crippen LogP contribution >= 0.6 is 11.3 Å². The molecule has 0 saturated carbocycles. The number of rotatable bonds is 7. The normalized spacial score (nSPS) is 17.2. The van der Waals surface area contributed by atoms with E-state index in [-0.39, 0.29) is 5.91 Å². The lowest BCUT2D eigenvalue weighted by atomic mass is 10.1. The van der Waals surface area contributed by atoms with E-state index in [4.69, 9.17) is 0 Å². The largest absolute Gasteiger partial charge is 0.371 e. The van der Waals surface area contributed by atoms with Gasteiger partial charge in [0.2, 0.25) is 5.91 Å². The van der Waals surface area contributed by atoms with Gasteiger partial charge in [0, 0.05) is 37.2 Å². The average molecular weight is 359 g/mol. The SMILES string of the molecule is Cc1nc(CN(C)CC(=O)NCC2CCN(c3ccccc3)C2)cs1. The Labute approximate surface area is 153 Å². The molecule has 5 nitrogen and oxygen atoms in total. The number of aryl methyl sites for hydroxylation is 1. The van der Waals surface area contributed by atoms with E-state index in [2.05, 4.69) is 44.8 Å². The summed E-state index contributed by atoms with van der Waals surface area (Å²) in [4.78, 5) is 21.0. The van der Waals surface area contributed by atoms with E-state index in [0.717, 1.165) is 36.8 Å². The van der Waals surface area contributed by atoms with E-state index in [1.807, 2.05) is 24.9 Å². The quantitative estimate of drug-likeness (QED) is 0.826. The Morgan fingerprint density at radius 3 is 2.92 bits per heavy atom. The van der Waals surface area contributed by atoms with Crippen LogP contribution in [0, 0.1) is 12.8 Å². The third kappa shape index (κ3) is 5.28. The Balaban J connectivity index is 1.38. The van der Waals surface area contributed by atoms with E-state index in [1.54, 1.807) is 11.3 Å². The molecule has 25 heavy (non-hydrogen) atoms. The molecule has 1 aromatic carbocycles. The Morgan fingerprint density at radius 2 is 2.20 bits per heavy atom. The first-order valence-corrected chi connectivity index (χ1v) is 9.64. The van der Waals surface area contributed by atoms with E-state index >= 15 is 0 Å². The number of amides is 1. The summed E-state index contributed by atoms with van der Waals surface area (Å²) in [5.74, 6) is 0.614. The van der Waals surface area contributed by atoms with Crippen molar-refractivity contribution in [1.29, 1.82) is 0 Å². The second kappa shape index (κ2) is 8.45. The third-order valence-electron chi connectivity index (χ3n) is 4.51. The molecule has 1 aliphatic rings. The number of benzene rings is 1. The molecule has 0 aliphatic carbocycles. The lowest BCUT2D eigenvalue weighted by Crippen LogP contribution is -2.37. The Hall–Kier alpha value is -1.92.